The number of halogens is 4. The maximum Gasteiger partial charge on any atom is 0.132 e. The Morgan fingerprint density at radius 1 is 0.833 bits per heavy atom. The maximum absolute atomic E-state index is 13.6. The molecule has 0 aromatic heterocycles. The number of aliphatic hydroxyl groups is 1. The van der Waals surface area contributed by atoms with Gasteiger partial charge < -0.3 is 5.11 Å². The lowest BCUT2D eigenvalue weighted by Crippen LogP contribution is -2.08. The van der Waals surface area contributed by atoms with Gasteiger partial charge in [0.05, 0.1) is 5.56 Å². The van der Waals surface area contributed by atoms with Crippen molar-refractivity contribution < 1.29 is 18.3 Å². The van der Waals surface area contributed by atoms with Crippen LogP contribution in [-0.4, -0.2) is 5.11 Å². The van der Waals surface area contributed by atoms with Gasteiger partial charge in [-0.1, -0.05) is 28.1 Å². The lowest BCUT2D eigenvalue weighted by Gasteiger charge is -2.15. The molecule has 1 atom stereocenters. The first-order valence-corrected chi connectivity index (χ1v) is 5.87. The van der Waals surface area contributed by atoms with Crippen LogP contribution in [0.25, 0.3) is 0 Å². The average molecular weight is 317 g/mol. The molecule has 0 saturated carbocycles. The summed E-state index contributed by atoms with van der Waals surface area (Å²) < 4.78 is 40.9. The van der Waals surface area contributed by atoms with Gasteiger partial charge in [-0.3, -0.25) is 0 Å². The lowest BCUT2D eigenvalue weighted by molar-refractivity contribution is 0.203. The zero-order valence-electron chi connectivity index (χ0n) is 9.00. The van der Waals surface area contributed by atoms with Crippen LogP contribution < -0.4 is 0 Å². The second-order valence-electron chi connectivity index (χ2n) is 3.67. The molecule has 0 bridgehead atoms. The van der Waals surface area contributed by atoms with Gasteiger partial charge in [0.2, 0.25) is 0 Å². The van der Waals surface area contributed by atoms with Crippen LogP contribution in [0.15, 0.2) is 40.9 Å². The number of aliphatic hydroxyl groups excluding tert-OH is 1. The summed E-state index contributed by atoms with van der Waals surface area (Å²) in [4.78, 5) is 0. The molecule has 0 aliphatic heterocycles. The summed E-state index contributed by atoms with van der Waals surface area (Å²) in [5.41, 5.74) is -0.759. The van der Waals surface area contributed by atoms with E-state index >= 15 is 0 Å². The molecule has 0 fully saturated rings. The van der Waals surface area contributed by atoms with Crippen molar-refractivity contribution in [3.63, 3.8) is 0 Å². The summed E-state index contributed by atoms with van der Waals surface area (Å²) in [6.07, 6.45) is -1.71. The fraction of sp³-hybridized carbons (Fsp3) is 0.0769. The Bertz CT molecular complexity index is 494. The Labute approximate surface area is 110 Å². The van der Waals surface area contributed by atoms with E-state index in [1.807, 2.05) is 0 Å². The Morgan fingerprint density at radius 2 is 1.28 bits per heavy atom. The Balaban J connectivity index is 2.58. The van der Waals surface area contributed by atoms with Crippen molar-refractivity contribution >= 4 is 15.9 Å². The highest BCUT2D eigenvalue weighted by molar-refractivity contribution is 9.10. The third-order valence-electron chi connectivity index (χ3n) is 2.55. The monoisotopic (exact) mass is 316 g/mol. The second-order valence-corrected chi connectivity index (χ2v) is 4.53. The molecule has 18 heavy (non-hydrogen) atoms. The first-order chi connectivity index (χ1) is 8.52. The van der Waals surface area contributed by atoms with E-state index in [1.54, 1.807) is 0 Å². The SMILES string of the molecule is OC(c1c(F)cccc1F)c1c(F)cccc1Br. The van der Waals surface area contributed by atoms with Crippen LogP contribution in [0, 0.1) is 17.5 Å². The quantitative estimate of drug-likeness (QED) is 0.889. The van der Waals surface area contributed by atoms with Gasteiger partial charge in [-0.15, -0.1) is 0 Å². The summed E-state index contributed by atoms with van der Waals surface area (Å²) >= 11 is 3.05. The number of rotatable bonds is 2. The number of benzene rings is 2. The number of hydrogen-bond donors (Lipinski definition) is 1. The molecular formula is C13H8BrF3O. The molecule has 0 saturated heterocycles. The molecular weight excluding hydrogens is 309 g/mol. The molecule has 2 rings (SSSR count). The van der Waals surface area contributed by atoms with Gasteiger partial charge in [0.25, 0.3) is 0 Å². The summed E-state index contributed by atoms with van der Waals surface area (Å²) in [5.74, 6) is -2.57. The summed E-state index contributed by atoms with van der Waals surface area (Å²) in [7, 11) is 0. The van der Waals surface area contributed by atoms with Crippen LogP contribution >= 0.6 is 15.9 Å². The van der Waals surface area contributed by atoms with E-state index in [0.717, 1.165) is 18.2 Å². The van der Waals surface area contributed by atoms with Gasteiger partial charge in [-0.05, 0) is 24.3 Å². The van der Waals surface area contributed by atoms with Crippen molar-refractivity contribution in [3.05, 3.63) is 69.4 Å². The molecule has 94 valence electrons. The molecule has 0 radical (unpaired) electrons. The van der Waals surface area contributed by atoms with E-state index in [4.69, 9.17) is 0 Å². The van der Waals surface area contributed by atoms with Crippen molar-refractivity contribution in [1.82, 2.24) is 0 Å². The minimum Gasteiger partial charge on any atom is -0.383 e. The van der Waals surface area contributed by atoms with Crippen LogP contribution in [0.1, 0.15) is 17.2 Å². The van der Waals surface area contributed by atoms with Crippen LogP contribution in [0.4, 0.5) is 13.2 Å². The fourth-order valence-corrected chi connectivity index (χ4v) is 2.25. The molecule has 0 aliphatic rings. The van der Waals surface area contributed by atoms with Crippen LogP contribution in [0.5, 0.6) is 0 Å². The van der Waals surface area contributed by atoms with Gasteiger partial charge in [-0.25, -0.2) is 13.2 Å². The van der Waals surface area contributed by atoms with Gasteiger partial charge in [0.1, 0.15) is 23.6 Å². The topological polar surface area (TPSA) is 20.2 Å². The van der Waals surface area contributed by atoms with E-state index < -0.39 is 29.1 Å². The number of hydrogen-bond acceptors (Lipinski definition) is 1. The highest BCUT2D eigenvalue weighted by atomic mass is 79.9. The van der Waals surface area contributed by atoms with Crippen LogP contribution in [-0.2, 0) is 0 Å². The van der Waals surface area contributed by atoms with Crippen molar-refractivity contribution in [2.24, 2.45) is 0 Å². The Kier molecular flexibility index (Phi) is 3.73. The molecule has 2 aromatic carbocycles. The van der Waals surface area contributed by atoms with Crippen LogP contribution in [0.2, 0.25) is 0 Å². The Morgan fingerprint density at radius 3 is 1.78 bits per heavy atom. The predicted molar refractivity (Wildman–Crippen MR) is 64.5 cm³/mol. The largest absolute Gasteiger partial charge is 0.383 e. The first kappa shape index (κ1) is 13.1. The molecule has 0 aliphatic carbocycles. The summed E-state index contributed by atoms with van der Waals surface area (Å²) in [6.45, 7) is 0. The van der Waals surface area contributed by atoms with Gasteiger partial charge in [0, 0.05) is 10.0 Å². The molecule has 1 N–H and O–H groups in total. The van der Waals surface area contributed by atoms with Crippen molar-refractivity contribution in [3.8, 4) is 0 Å². The first-order valence-electron chi connectivity index (χ1n) is 5.08. The van der Waals surface area contributed by atoms with Gasteiger partial charge >= 0.3 is 0 Å². The van der Waals surface area contributed by atoms with E-state index in [-0.39, 0.29) is 10.0 Å². The van der Waals surface area contributed by atoms with E-state index in [9.17, 15) is 18.3 Å². The second kappa shape index (κ2) is 5.12. The molecule has 0 heterocycles. The minimum atomic E-state index is -1.71. The maximum atomic E-state index is 13.6. The smallest absolute Gasteiger partial charge is 0.132 e. The van der Waals surface area contributed by atoms with Gasteiger partial charge in [0.15, 0.2) is 0 Å². The van der Waals surface area contributed by atoms with E-state index in [2.05, 4.69) is 15.9 Å². The zero-order valence-corrected chi connectivity index (χ0v) is 10.6. The van der Waals surface area contributed by atoms with Crippen molar-refractivity contribution in [2.75, 3.05) is 0 Å². The van der Waals surface area contributed by atoms with E-state index in [1.165, 1.54) is 18.2 Å². The van der Waals surface area contributed by atoms with Gasteiger partial charge in [-0.2, -0.15) is 0 Å². The molecule has 2 aromatic rings. The highest BCUT2D eigenvalue weighted by Gasteiger charge is 2.24. The minimum absolute atomic E-state index is 0.193. The van der Waals surface area contributed by atoms with Crippen molar-refractivity contribution in [2.45, 2.75) is 6.10 Å². The fourth-order valence-electron chi connectivity index (χ4n) is 1.69. The zero-order chi connectivity index (χ0) is 13.3. The highest BCUT2D eigenvalue weighted by Crippen LogP contribution is 2.33. The average Bonchev–Trinajstić information content (AvgIpc) is 2.28. The van der Waals surface area contributed by atoms with E-state index in [0.29, 0.717) is 0 Å². The third kappa shape index (κ3) is 2.28. The molecule has 1 unspecified atom stereocenters. The Hall–Kier alpha value is -1.33. The van der Waals surface area contributed by atoms with Crippen molar-refractivity contribution in [1.29, 1.82) is 0 Å². The third-order valence-corrected chi connectivity index (χ3v) is 3.24. The summed E-state index contributed by atoms with van der Waals surface area (Å²) in [5, 5.41) is 9.97. The molecule has 1 nitrogen and oxygen atoms in total. The molecule has 5 heteroatoms. The standard InChI is InChI=1S/C13H8BrF3O/c14-7-3-1-4-8(15)11(7)13(18)12-9(16)5-2-6-10(12)17/h1-6,13,18H. The molecule has 0 spiro atoms. The molecule has 0 amide bonds. The summed E-state index contributed by atoms with van der Waals surface area (Å²) in [6, 6.07) is 7.22. The predicted octanol–water partition coefficient (Wildman–Crippen LogP) is 3.95. The van der Waals surface area contributed by atoms with Crippen LogP contribution in [0.3, 0.4) is 0 Å². The normalized spacial score (nSPS) is 12.5. The lowest BCUT2D eigenvalue weighted by atomic mass is 10.00.